The van der Waals surface area contributed by atoms with Crippen LogP contribution >= 0.6 is 11.3 Å². The van der Waals surface area contributed by atoms with E-state index in [2.05, 4.69) is 26.3 Å². The Labute approximate surface area is 130 Å². The van der Waals surface area contributed by atoms with Crippen molar-refractivity contribution >= 4 is 33.2 Å². The Morgan fingerprint density at radius 3 is 2.73 bits per heavy atom. The second-order valence-corrected chi connectivity index (χ2v) is 5.74. The third kappa shape index (κ3) is 3.34. The number of hydrogen-bond acceptors (Lipinski definition) is 7. The number of fused-ring (bicyclic) bond motifs is 1. The second kappa shape index (κ2) is 6.44. The lowest BCUT2D eigenvalue weighted by Crippen LogP contribution is -2.06. The van der Waals surface area contributed by atoms with E-state index < -0.39 is 4.92 Å². The average Bonchev–Trinajstić information content (AvgIpc) is 2.95. The molecule has 0 unspecified atom stereocenters. The fourth-order valence-corrected chi connectivity index (χ4v) is 2.98. The van der Waals surface area contributed by atoms with Crippen LogP contribution in [0.4, 0.5) is 11.6 Å². The Balaban J connectivity index is 1.49. The van der Waals surface area contributed by atoms with Crippen LogP contribution in [-0.2, 0) is 6.42 Å². The van der Waals surface area contributed by atoms with E-state index in [4.69, 9.17) is 0 Å². The van der Waals surface area contributed by atoms with E-state index >= 15 is 0 Å². The lowest BCUT2D eigenvalue weighted by atomic mass is 10.3. The van der Waals surface area contributed by atoms with Crippen molar-refractivity contribution in [3.8, 4) is 0 Å². The quantitative estimate of drug-likeness (QED) is 0.427. The first kappa shape index (κ1) is 14.3. The van der Waals surface area contributed by atoms with Gasteiger partial charge in [-0.1, -0.05) is 12.1 Å². The normalized spacial score (nSPS) is 10.7. The van der Waals surface area contributed by atoms with Gasteiger partial charge in [0.05, 0.1) is 20.1 Å². The van der Waals surface area contributed by atoms with Gasteiger partial charge in [-0.05, 0) is 18.6 Å². The van der Waals surface area contributed by atoms with Crippen LogP contribution in [0.3, 0.4) is 0 Å². The summed E-state index contributed by atoms with van der Waals surface area (Å²) in [6, 6.07) is 8.08. The van der Waals surface area contributed by atoms with E-state index in [1.807, 2.05) is 18.2 Å². The maximum Gasteiger partial charge on any atom is 0.305 e. The number of anilines is 1. The van der Waals surface area contributed by atoms with E-state index in [9.17, 15) is 10.1 Å². The zero-order valence-corrected chi connectivity index (χ0v) is 12.4. The van der Waals surface area contributed by atoms with Crippen molar-refractivity contribution in [1.29, 1.82) is 0 Å². The van der Waals surface area contributed by atoms with Crippen molar-refractivity contribution in [2.75, 3.05) is 11.9 Å². The van der Waals surface area contributed by atoms with Gasteiger partial charge in [-0.3, -0.25) is 10.1 Å². The summed E-state index contributed by atoms with van der Waals surface area (Å²) in [4.78, 5) is 22.4. The Morgan fingerprint density at radius 1 is 1.23 bits per heavy atom. The van der Waals surface area contributed by atoms with Crippen molar-refractivity contribution in [1.82, 2.24) is 15.0 Å². The molecule has 0 aliphatic carbocycles. The minimum atomic E-state index is -0.517. The largest absolute Gasteiger partial charge is 0.354 e. The van der Waals surface area contributed by atoms with Gasteiger partial charge in [0.1, 0.15) is 12.4 Å². The molecule has 0 aliphatic rings. The zero-order chi connectivity index (χ0) is 15.4. The van der Waals surface area contributed by atoms with Gasteiger partial charge in [-0.15, -0.1) is 11.3 Å². The number of benzene rings is 1. The molecule has 3 aromatic rings. The summed E-state index contributed by atoms with van der Waals surface area (Å²) in [7, 11) is 0. The Kier molecular flexibility index (Phi) is 4.19. The Hall–Kier alpha value is -2.61. The summed E-state index contributed by atoms with van der Waals surface area (Å²) < 4.78 is 1.20. The molecule has 7 nitrogen and oxygen atoms in total. The molecule has 0 aliphatic heterocycles. The molecule has 3 rings (SSSR count). The SMILES string of the molecule is O=[N+]([O-])c1cnc(NCCCc2nc3ccccc3s2)nc1. The molecule has 0 saturated carbocycles. The van der Waals surface area contributed by atoms with E-state index in [0.717, 1.165) is 23.4 Å². The molecule has 0 amide bonds. The van der Waals surface area contributed by atoms with Crippen LogP contribution in [-0.4, -0.2) is 26.4 Å². The highest BCUT2D eigenvalue weighted by Gasteiger charge is 2.06. The molecule has 0 spiro atoms. The summed E-state index contributed by atoms with van der Waals surface area (Å²) in [5.41, 5.74) is 0.925. The topological polar surface area (TPSA) is 93.8 Å². The second-order valence-electron chi connectivity index (χ2n) is 4.63. The number of nitrogens with one attached hydrogen (secondary N) is 1. The van der Waals surface area contributed by atoms with Crippen molar-refractivity contribution in [2.45, 2.75) is 12.8 Å². The van der Waals surface area contributed by atoms with Crippen LogP contribution in [0.25, 0.3) is 10.2 Å². The number of nitro groups is 1. The number of para-hydroxylation sites is 1. The van der Waals surface area contributed by atoms with E-state index in [1.54, 1.807) is 11.3 Å². The summed E-state index contributed by atoms with van der Waals surface area (Å²) in [6.45, 7) is 0.688. The third-order valence-electron chi connectivity index (χ3n) is 3.04. The van der Waals surface area contributed by atoms with Crippen LogP contribution in [0.5, 0.6) is 0 Å². The smallest absolute Gasteiger partial charge is 0.305 e. The molecule has 0 fully saturated rings. The van der Waals surface area contributed by atoms with Crippen LogP contribution in [0.2, 0.25) is 0 Å². The van der Waals surface area contributed by atoms with Crippen LogP contribution < -0.4 is 5.32 Å². The van der Waals surface area contributed by atoms with Crippen LogP contribution in [0.1, 0.15) is 11.4 Å². The number of aryl methyl sites for hydroxylation is 1. The molecule has 0 atom stereocenters. The van der Waals surface area contributed by atoms with Gasteiger partial charge in [-0.25, -0.2) is 15.0 Å². The minimum Gasteiger partial charge on any atom is -0.354 e. The van der Waals surface area contributed by atoms with Crippen molar-refractivity contribution in [3.05, 3.63) is 51.8 Å². The molecule has 2 aromatic heterocycles. The van der Waals surface area contributed by atoms with Gasteiger partial charge < -0.3 is 5.32 Å². The monoisotopic (exact) mass is 315 g/mol. The zero-order valence-electron chi connectivity index (χ0n) is 11.6. The van der Waals surface area contributed by atoms with Gasteiger partial charge in [0.25, 0.3) is 0 Å². The van der Waals surface area contributed by atoms with Gasteiger partial charge in [-0.2, -0.15) is 0 Å². The summed E-state index contributed by atoms with van der Waals surface area (Å²) in [5.74, 6) is 0.398. The first-order valence-corrected chi connectivity index (χ1v) is 7.59. The molecule has 112 valence electrons. The van der Waals surface area contributed by atoms with Gasteiger partial charge in [0, 0.05) is 13.0 Å². The van der Waals surface area contributed by atoms with Crippen molar-refractivity contribution in [3.63, 3.8) is 0 Å². The molecule has 1 N–H and O–H groups in total. The highest BCUT2D eigenvalue weighted by molar-refractivity contribution is 7.18. The molecule has 8 heteroatoms. The number of aromatic nitrogens is 3. The lowest BCUT2D eigenvalue weighted by molar-refractivity contribution is -0.385. The van der Waals surface area contributed by atoms with E-state index in [-0.39, 0.29) is 5.69 Å². The molecule has 0 saturated heterocycles. The van der Waals surface area contributed by atoms with E-state index in [1.165, 1.54) is 17.1 Å². The first-order valence-electron chi connectivity index (χ1n) is 6.77. The molecule has 0 radical (unpaired) electrons. The highest BCUT2D eigenvalue weighted by Crippen LogP contribution is 2.22. The molecule has 22 heavy (non-hydrogen) atoms. The summed E-state index contributed by atoms with van der Waals surface area (Å²) >= 11 is 1.70. The number of nitrogens with zero attached hydrogens (tertiary/aromatic N) is 4. The maximum atomic E-state index is 10.5. The average molecular weight is 315 g/mol. The Bertz CT molecular complexity index is 754. The molecular weight excluding hydrogens is 302 g/mol. The van der Waals surface area contributed by atoms with Crippen molar-refractivity contribution < 1.29 is 4.92 Å². The lowest BCUT2D eigenvalue weighted by Gasteiger charge is -2.02. The Morgan fingerprint density at radius 2 is 2.00 bits per heavy atom. The van der Waals surface area contributed by atoms with Gasteiger partial charge in [0.2, 0.25) is 5.95 Å². The predicted octanol–water partition coefficient (Wildman–Crippen LogP) is 3.04. The number of thiazole rings is 1. The molecular formula is C14H13N5O2S. The van der Waals surface area contributed by atoms with Crippen molar-refractivity contribution in [2.24, 2.45) is 0 Å². The minimum absolute atomic E-state index is 0.111. The maximum absolute atomic E-state index is 10.5. The fraction of sp³-hybridized carbons (Fsp3) is 0.214. The number of hydrogen-bond donors (Lipinski definition) is 1. The molecule has 2 heterocycles. The first-order chi connectivity index (χ1) is 10.7. The van der Waals surface area contributed by atoms with Crippen LogP contribution in [0, 0.1) is 10.1 Å². The van der Waals surface area contributed by atoms with Gasteiger partial charge in [0.15, 0.2) is 0 Å². The fourth-order valence-electron chi connectivity index (χ4n) is 1.97. The van der Waals surface area contributed by atoms with Gasteiger partial charge >= 0.3 is 5.69 Å². The standard InChI is InChI=1S/C14H13N5O2S/c20-19(21)10-8-16-14(17-9-10)15-7-3-6-13-18-11-4-1-2-5-12(11)22-13/h1-2,4-5,8-9H,3,6-7H2,(H,15,16,17). The summed E-state index contributed by atoms with van der Waals surface area (Å²) in [5, 5.41) is 14.7. The van der Waals surface area contributed by atoms with E-state index in [0.29, 0.717) is 12.5 Å². The highest BCUT2D eigenvalue weighted by atomic mass is 32.1. The molecule has 1 aromatic carbocycles. The number of rotatable bonds is 6. The van der Waals surface area contributed by atoms with Crippen LogP contribution in [0.15, 0.2) is 36.7 Å². The third-order valence-corrected chi connectivity index (χ3v) is 4.13. The summed E-state index contributed by atoms with van der Waals surface area (Å²) in [6.07, 6.45) is 4.16. The molecule has 0 bridgehead atoms. The predicted molar refractivity (Wildman–Crippen MR) is 85.1 cm³/mol.